The summed E-state index contributed by atoms with van der Waals surface area (Å²) in [5, 5.41) is 5.97. The lowest BCUT2D eigenvalue weighted by molar-refractivity contribution is 0.797. The van der Waals surface area contributed by atoms with Gasteiger partial charge in [0.25, 0.3) is 0 Å². The van der Waals surface area contributed by atoms with E-state index in [1.54, 1.807) is 11.3 Å². The van der Waals surface area contributed by atoms with Crippen LogP contribution in [0.15, 0.2) is 39.9 Å². The molecule has 0 saturated carbocycles. The van der Waals surface area contributed by atoms with Gasteiger partial charge in [0.15, 0.2) is 0 Å². The van der Waals surface area contributed by atoms with Crippen LogP contribution >= 0.6 is 27.3 Å². The highest BCUT2D eigenvalue weighted by Crippen LogP contribution is 2.48. The normalized spacial score (nSPS) is 21.1. The van der Waals surface area contributed by atoms with Crippen LogP contribution in [0.3, 0.4) is 0 Å². The Hall–Kier alpha value is -1.33. The quantitative estimate of drug-likeness (QED) is 0.803. The number of benzene rings is 1. The number of thiophene rings is 1. The second kappa shape index (κ2) is 3.34. The largest absolute Gasteiger partial charge is 0.344 e. The van der Waals surface area contributed by atoms with E-state index in [0.717, 1.165) is 4.48 Å². The highest BCUT2D eigenvalue weighted by Gasteiger charge is 2.32. The van der Waals surface area contributed by atoms with Crippen molar-refractivity contribution in [1.29, 1.82) is 0 Å². The molecule has 2 aromatic rings. The Balaban J connectivity index is 1.96. The maximum absolute atomic E-state index is 4.45. The summed E-state index contributed by atoms with van der Waals surface area (Å²) in [6.07, 6.45) is 3.93. The van der Waals surface area contributed by atoms with Gasteiger partial charge in [0, 0.05) is 22.5 Å². The third-order valence-electron chi connectivity index (χ3n) is 2.95. The molecule has 17 heavy (non-hydrogen) atoms. The van der Waals surface area contributed by atoms with Crippen LogP contribution < -0.4 is 10.2 Å². The van der Waals surface area contributed by atoms with Crippen LogP contribution in [-0.4, -0.2) is 12.5 Å². The molecule has 1 aromatic heterocycles. The fourth-order valence-electron chi connectivity index (χ4n) is 2.21. The van der Waals surface area contributed by atoms with E-state index in [4.69, 9.17) is 0 Å². The SMILES string of the molecule is BrC1=CN2c3sc4ccccc4c3NC2N=C1. The zero-order chi connectivity index (χ0) is 11.4. The van der Waals surface area contributed by atoms with Gasteiger partial charge in [-0.2, -0.15) is 0 Å². The molecule has 2 aliphatic rings. The number of aliphatic imine (C=N–C) groups is 1. The average molecular weight is 306 g/mol. The van der Waals surface area contributed by atoms with Crippen molar-refractivity contribution in [3.8, 4) is 0 Å². The lowest BCUT2D eigenvalue weighted by atomic mass is 10.2. The summed E-state index contributed by atoms with van der Waals surface area (Å²) in [5.41, 5.74) is 1.20. The molecule has 5 heteroatoms. The van der Waals surface area contributed by atoms with E-state index in [1.165, 1.54) is 20.8 Å². The summed E-state index contributed by atoms with van der Waals surface area (Å²) in [6, 6.07) is 8.45. The Morgan fingerprint density at radius 2 is 2.24 bits per heavy atom. The summed E-state index contributed by atoms with van der Waals surface area (Å²) in [4.78, 5) is 6.62. The molecule has 3 heterocycles. The molecule has 3 nitrogen and oxygen atoms in total. The third kappa shape index (κ3) is 1.29. The Morgan fingerprint density at radius 1 is 1.35 bits per heavy atom. The van der Waals surface area contributed by atoms with Gasteiger partial charge in [-0.05, 0) is 22.0 Å². The van der Waals surface area contributed by atoms with Crippen molar-refractivity contribution in [2.75, 3.05) is 10.2 Å². The average Bonchev–Trinajstić information content (AvgIpc) is 2.85. The van der Waals surface area contributed by atoms with E-state index < -0.39 is 0 Å². The van der Waals surface area contributed by atoms with Crippen molar-refractivity contribution in [2.45, 2.75) is 6.29 Å². The molecule has 1 unspecified atom stereocenters. The first-order valence-corrected chi connectivity index (χ1v) is 6.91. The molecule has 2 aliphatic heterocycles. The highest BCUT2D eigenvalue weighted by molar-refractivity contribution is 9.12. The summed E-state index contributed by atoms with van der Waals surface area (Å²) < 4.78 is 2.31. The predicted molar refractivity (Wildman–Crippen MR) is 77.2 cm³/mol. The lowest BCUT2D eigenvalue weighted by Gasteiger charge is -2.22. The number of nitrogens with zero attached hydrogens (tertiary/aromatic N) is 2. The molecule has 0 saturated heterocycles. The van der Waals surface area contributed by atoms with E-state index in [0.29, 0.717) is 0 Å². The van der Waals surface area contributed by atoms with E-state index in [2.05, 4.69) is 61.6 Å². The van der Waals surface area contributed by atoms with Crippen molar-refractivity contribution in [1.82, 2.24) is 0 Å². The number of allylic oxidation sites excluding steroid dienone is 1. The Morgan fingerprint density at radius 3 is 3.18 bits per heavy atom. The van der Waals surface area contributed by atoms with Gasteiger partial charge in [-0.25, -0.2) is 4.99 Å². The minimum Gasteiger partial charge on any atom is -0.344 e. The predicted octanol–water partition coefficient (Wildman–Crippen LogP) is 3.74. The van der Waals surface area contributed by atoms with E-state index >= 15 is 0 Å². The second-order valence-corrected chi connectivity index (χ2v) is 5.94. The summed E-state index contributed by atoms with van der Waals surface area (Å²) >= 11 is 5.27. The van der Waals surface area contributed by atoms with Gasteiger partial charge in [-0.1, -0.05) is 18.2 Å². The van der Waals surface area contributed by atoms with Gasteiger partial charge in [0.1, 0.15) is 5.00 Å². The fraction of sp³-hybridized carbons (Fsp3) is 0.0833. The second-order valence-electron chi connectivity index (χ2n) is 4.00. The highest BCUT2D eigenvalue weighted by atomic mass is 79.9. The molecule has 4 rings (SSSR count). The fourth-order valence-corrected chi connectivity index (χ4v) is 3.71. The molecular weight excluding hydrogens is 298 g/mol. The van der Waals surface area contributed by atoms with Gasteiger partial charge in [-0.15, -0.1) is 11.3 Å². The molecule has 1 N–H and O–H groups in total. The molecule has 84 valence electrons. The molecule has 1 aromatic carbocycles. The molecule has 0 bridgehead atoms. The van der Waals surface area contributed by atoms with Crippen LogP contribution in [0, 0.1) is 0 Å². The minimum atomic E-state index is 0.0159. The van der Waals surface area contributed by atoms with Gasteiger partial charge in [0.05, 0.1) is 10.2 Å². The smallest absolute Gasteiger partial charge is 0.201 e. The maximum atomic E-state index is 4.45. The molecule has 0 fully saturated rings. The lowest BCUT2D eigenvalue weighted by Crippen LogP contribution is -2.31. The van der Waals surface area contributed by atoms with Gasteiger partial charge >= 0.3 is 0 Å². The molecule has 0 amide bonds. The molecule has 0 radical (unpaired) electrons. The number of halogens is 1. The number of nitrogens with one attached hydrogen (secondary N) is 1. The zero-order valence-corrected chi connectivity index (χ0v) is 11.1. The van der Waals surface area contributed by atoms with Crippen molar-refractivity contribution in [2.24, 2.45) is 4.99 Å². The van der Waals surface area contributed by atoms with Crippen LogP contribution in [0.4, 0.5) is 10.7 Å². The van der Waals surface area contributed by atoms with Crippen molar-refractivity contribution in [3.05, 3.63) is 34.9 Å². The number of hydrogen-bond donors (Lipinski definition) is 1. The number of hydrogen-bond acceptors (Lipinski definition) is 4. The van der Waals surface area contributed by atoms with Crippen LogP contribution in [-0.2, 0) is 0 Å². The molecule has 1 atom stereocenters. The molecular formula is C12H8BrN3S. The van der Waals surface area contributed by atoms with E-state index in [9.17, 15) is 0 Å². The maximum Gasteiger partial charge on any atom is 0.201 e. The first kappa shape index (κ1) is 9.67. The van der Waals surface area contributed by atoms with E-state index in [-0.39, 0.29) is 6.29 Å². The summed E-state index contributed by atoms with van der Waals surface area (Å²) in [5.74, 6) is 0. The van der Waals surface area contributed by atoms with Gasteiger partial charge in [0.2, 0.25) is 6.29 Å². The number of fused-ring (bicyclic) bond motifs is 5. The number of rotatable bonds is 0. The van der Waals surface area contributed by atoms with Crippen LogP contribution in [0.2, 0.25) is 0 Å². The van der Waals surface area contributed by atoms with Gasteiger partial charge < -0.3 is 5.32 Å². The van der Waals surface area contributed by atoms with Crippen molar-refractivity contribution >= 4 is 54.3 Å². The third-order valence-corrected chi connectivity index (χ3v) is 4.54. The van der Waals surface area contributed by atoms with E-state index in [1.807, 2.05) is 6.21 Å². The molecule has 0 aliphatic carbocycles. The Kier molecular flexibility index (Phi) is 1.90. The Bertz CT molecular complexity index is 673. The minimum absolute atomic E-state index is 0.0159. The van der Waals surface area contributed by atoms with Crippen molar-refractivity contribution < 1.29 is 0 Å². The summed E-state index contributed by atoms with van der Waals surface area (Å²) in [7, 11) is 0. The summed E-state index contributed by atoms with van der Waals surface area (Å²) in [6.45, 7) is 0. The molecule has 0 spiro atoms. The standard InChI is InChI=1S/C12H8BrN3S/c13-7-5-14-12-15-10-8-3-1-2-4-9(8)17-11(10)16(12)6-7/h1-6,12,15H. The Labute approximate surface area is 111 Å². The van der Waals surface area contributed by atoms with Crippen LogP contribution in [0.5, 0.6) is 0 Å². The first-order chi connectivity index (χ1) is 8.33. The van der Waals surface area contributed by atoms with Crippen LogP contribution in [0.1, 0.15) is 0 Å². The zero-order valence-electron chi connectivity index (χ0n) is 8.72. The monoisotopic (exact) mass is 305 g/mol. The van der Waals surface area contributed by atoms with Crippen molar-refractivity contribution in [3.63, 3.8) is 0 Å². The topological polar surface area (TPSA) is 27.6 Å². The number of anilines is 2. The first-order valence-electron chi connectivity index (χ1n) is 5.30. The van der Waals surface area contributed by atoms with Crippen LogP contribution in [0.25, 0.3) is 10.1 Å². The van der Waals surface area contributed by atoms with Gasteiger partial charge in [-0.3, -0.25) is 4.90 Å².